The molecular formula is C25H25F2N7O4. The van der Waals surface area contributed by atoms with Gasteiger partial charge in [-0.25, -0.2) is 19.6 Å². The lowest BCUT2D eigenvalue weighted by atomic mass is 9.88. The highest BCUT2D eigenvalue weighted by Gasteiger charge is 2.50. The molecular weight excluding hydrogens is 500 g/mol. The summed E-state index contributed by atoms with van der Waals surface area (Å²) in [5, 5.41) is 10.7. The van der Waals surface area contributed by atoms with Crippen LogP contribution in [0.4, 0.5) is 35.6 Å². The van der Waals surface area contributed by atoms with E-state index in [0.717, 1.165) is 0 Å². The van der Waals surface area contributed by atoms with Gasteiger partial charge in [-0.2, -0.15) is 8.78 Å². The number of ether oxygens (including phenoxy) is 2. The highest BCUT2D eigenvalue weighted by atomic mass is 19.3. The van der Waals surface area contributed by atoms with Crippen LogP contribution in [-0.2, 0) is 17.2 Å². The number of urea groups is 1. The Labute approximate surface area is 216 Å². The number of halogens is 2. The van der Waals surface area contributed by atoms with Crippen LogP contribution in [0.25, 0.3) is 0 Å². The molecule has 1 aromatic heterocycles. The van der Waals surface area contributed by atoms with Crippen molar-refractivity contribution < 1.29 is 27.8 Å². The van der Waals surface area contributed by atoms with E-state index in [2.05, 4.69) is 36.0 Å². The van der Waals surface area contributed by atoms with Crippen LogP contribution >= 0.6 is 0 Å². The van der Waals surface area contributed by atoms with Crippen molar-refractivity contribution in [3.05, 3.63) is 66.0 Å². The number of nitrogens with one attached hydrogen (secondary N) is 4. The minimum Gasteiger partial charge on any atom is -0.453 e. The van der Waals surface area contributed by atoms with E-state index in [1.807, 2.05) is 0 Å². The summed E-state index contributed by atoms with van der Waals surface area (Å²) >= 11 is 0. The summed E-state index contributed by atoms with van der Waals surface area (Å²) in [6.45, 7) is 1.92. The Balaban J connectivity index is 1.20. The zero-order chi connectivity index (χ0) is 26.7. The summed E-state index contributed by atoms with van der Waals surface area (Å²) in [5.41, 5.74) is 1.24. The number of fused-ring (bicyclic) bond motifs is 2. The molecule has 1 fully saturated rings. The fourth-order valence-corrected chi connectivity index (χ4v) is 4.43. The largest absolute Gasteiger partial charge is 0.453 e. The fourth-order valence-electron chi connectivity index (χ4n) is 4.43. The third kappa shape index (κ3) is 5.48. The SMILES string of the molecule is COC(=O)Nc1cc(Oc2ccc(NC(=O)Nc3ccc4c(c3)C(F)(F)C3CNCCN3C4)cc2)ncn1. The zero-order valence-electron chi connectivity index (χ0n) is 20.3. The molecule has 198 valence electrons. The number of aromatic nitrogens is 2. The lowest BCUT2D eigenvalue weighted by Gasteiger charge is -2.45. The normalized spacial score (nSPS) is 17.9. The van der Waals surface area contributed by atoms with Crippen LogP contribution < -0.4 is 26.0 Å². The second-order valence-corrected chi connectivity index (χ2v) is 8.75. The predicted molar refractivity (Wildman–Crippen MR) is 135 cm³/mol. The summed E-state index contributed by atoms with van der Waals surface area (Å²) in [6.07, 6.45) is 0.542. The van der Waals surface area contributed by atoms with Crippen molar-refractivity contribution in [2.45, 2.75) is 18.5 Å². The van der Waals surface area contributed by atoms with Gasteiger partial charge < -0.3 is 25.4 Å². The van der Waals surface area contributed by atoms with E-state index in [1.54, 1.807) is 41.3 Å². The van der Waals surface area contributed by atoms with Gasteiger partial charge >= 0.3 is 12.1 Å². The van der Waals surface area contributed by atoms with Crippen LogP contribution in [0.2, 0.25) is 0 Å². The first kappa shape index (κ1) is 25.3. The average molecular weight is 526 g/mol. The highest BCUT2D eigenvalue weighted by molar-refractivity contribution is 5.99. The Kier molecular flexibility index (Phi) is 7.03. The standard InChI is InChI=1S/C25H25F2N7O4/c1-37-24(36)33-21-11-22(30-14-29-21)38-18-6-4-16(5-7-18)31-23(35)32-17-3-2-15-13-34-9-8-28-12-20(34)25(26,27)19(15)10-17/h2-7,10-11,14,20,28H,8-9,12-13H2,1H3,(H2,31,32,35)(H,29,30,33,36). The quantitative estimate of drug-likeness (QED) is 0.394. The molecule has 0 aliphatic carbocycles. The van der Waals surface area contributed by atoms with Gasteiger partial charge in [0.25, 0.3) is 5.92 Å². The molecule has 0 bridgehead atoms. The van der Waals surface area contributed by atoms with Crippen molar-refractivity contribution in [3.8, 4) is 11.6 Å². The molecule has 0 radical (unpaired) electrons. The molecule has 2 aliphatic rings. The van der Waals surface area contributed by atoms with Crippen molar-refractivity contribution in [1.82, 2.24) is 20.2 Å². The molecule has 38 heavy (non-hydrogen) atoms. The average Bonchev–Trinajstić information content (AvgIpc) is 2.90. The van der Waals surface area contributed by atoms with Gasteiger partial charge in [0.15, 0.2) is 0 Å². The van der Waals surface area contributed by atoms with Crippen molar-refractivity contribution in [2.24, 2.45) is 0 Å². The lowest BCUT2D eigenvalue weighted by molar-refractivity contribution is -0.110. The number of methoxy groups -OCH3 is 1. The molecule has 3 aromatic rings. The number of nitrogens with zero attached hydrogens (tertiary/aromatic N) is 3. The number of alkyl halides is 2. The Morgan fingerprint density at radius 3 is 2.61 bits per heavy atom. The van der Waals surface area contributed by atoms with Crippen LogP contribution in [0.15, 0.2) is 54.9 Å². The summed E-state index contributed by atoms with van der Waals surface area (Å²) < 4.78 is 40.6. The molecule has 1 atom stereocenters. The van der Waals surface area contributed by atoms with E-state index in [4.69, 9.17) is 4.74 Å². The van der Waals surface area contributed by atoms with Crippen molar-refractivity contribution in [1.29, 1.82) is 0 Å². The number of carbonyl (C=O) groups excluding carboxylic acids is 2. The Morgan fingerprint density at radius 2 is 1.82 bits per heavy atom. The predicted octanol–water partition coefficient (Wildman–Crippen LogP) is 3.97. The van der Waals surface area contributed by atoms with E-state index in [1.165, 1.54) is 25.6 Å². The second kappa shape index (κ2) is 10.6. The second-order valence-electron chi connectivity index (χ2n) is 8.75. The van der Waals surface area contributed by atoms with Crippen LogP contribution in [0.3, 0.4) is 0 Å². The third-order valence-corrected chi connectivity index (χ3v) is 6.27. The van der Waals surface area contributed by atoms with Gasteiger partial charge in [-0.15, -0.1) is 0 Å². The van der Waals surface area contributed by atoms with Crippen LogP contribution in [0, 0.1) is 0 Å². The first-order chi connectivity index (χ1) is 18.3. The molecule has 1 saturated heterocycles. The van der Waals surface area contributed by atoms with Crippen molar-refractivity contribution in [2.75, 3.05) is 42.7 Å². The number of hydrogen-bond donors (Lipinski definition) is 4. The summed E-state index contributed by atoms with van der Waals surface area (Å²) in [6, 6.07) is 11.0. The summed E-state index contributed by atoms with van der Waals surface area (Å²) in [4.78, 5) is 33.5. The van der Waals surface area contributed by atoms with Crippen LogP contribution in [0.5, 0.6) is 11.6 Å². The number of benzene rings is 2. The van der Waals surface area contributed by atoms with Gasteiger partial charge in [0, 0.05) is 49.2 Å². The van der Waals surface area contributed by atoms with Crippen molar-refractivity contribution in [3.63, 3.8) is 0 Å². The molecule has 3 heterocycles. The molecule has 11 nitrogen and oxygen atoms in total. The molecule has 1 unspecified atom stereocenters. The first-order valence-electron chi connectivity index (χ1n) is 11.8. The van der Waals surface area contributed by atoms with Gasteiger partial charge in [-0.05, 0) is 42.0 Å². The molecule has 2 aliphatic heterocycles. The van der Waals surface area contributed by atoms with Crippen molar-refractivity contribution >= 4 is 29.3 Å². The van der Waals surface area contributed by atoms with Gasteiger partial charge in [-0.3, -0.25) is 10.2 Å². The number of rotatable bonds is 5. The van der Waals surface area contributed by atoms with E-state index in [0.29, 0.717) is 36.6 Å². The van der Waals surface area contributed by atoms with Crippen LogP contribution in [-0.4, -0.2) is 59.8 Å². The number of carbonyl (C=O) groups is 2. The molecule has 0 saturated carbocycles. The van der Waals surface area contributed by atoms with E-state index < -0.39 is 24.1 Å². The summed E-state index contributed by atoms with van der Waals surface area (Å²) in [5.74, 6) is -2.24. The molecule has 4 N–H and O–H groups in total. The topological polar surface area (TPSA) is 130 Å². The first-order valence-corrected chi connectivity index (χ1v) is 11.8. The smallest absolute Gasteiger partial charge is 0.412 e. The van der Waals surface area contributed by atoms with E-state index >= 15 is 8.78 Å². The number of amides is 3. The number of piperazine rings is 1. The van der Waals surface area contributed by atoms with Gasteiger partial charge in [0.2, 0.25) is 5.88 Å². The van der Waals surface area contributed by atoms with E-state index in [-0.39, 0.29) is 29.5 Å². The Hall–Kier alpha value is -4.36. The Bertz CT molecular complexity index is 1340. The number of hydrogen-bond acceptors (Lipinski definition) is 8. The minimum atomic E-state index is -3.04. The molecule has 3 amide bonds. The molecule has 2 aromatic carbocycles. The maximum absolute atomic E-state index is 15.2. The van der Waals surface area contributed by atoms with Gasteiger partial charge in [-0.1, -0.05) is 6.07 Å². The maximum Gasteiger partial charge on any atom is 0.412 e. The molecule has 13 heteroatoms. The van der Waals surface area contributed by atoms with Gasteiger partial charge in [0.05, 0.1) is 13.2 Å². The molecule has 5 rings (SSSR count). The Morgan fingerprint density at radius 1 is 1.05 bits per heavy atom. The van der Waals surface area contributed by atoms with E-state index in [9.17, 15) is 9.59 Å². The minimum absolute atomic E-state index is 0.0589. The molecule has 0 spiro atoms. The monoisotopic (exact) mass is 525 g/mol. The third-order valence-electron chi connectivity index (χ3n) is 6.27. The lowest BCUT2D eigenvalue weighted by Crippen LogP contribution is -2.59. The summed E-state index contributed by atoms with van der Waals surface area (Å²) in [7, 11) is 1.23. The fraction of sp³-hybridized carbons (Fsp3) is 0.280. The van der Waals surface area contributed by atoms with Gasteiger partial charge in [0.1, 0.15) is 17.9 Å². The number of anilines is 3. The maximum atomic E-state index is 15.2. The van der Waals surface area contributed by atoms with Crippen LogP contribution in [0.1, 0.15) is 11.1 Å². The highest BCUT2D eigenvalue weighted by Crippen LogP contribution is 2.42. The zero-order valence-corrected chi connectivity index (χ0v) is 20.3.